The van der Waals surface area contributed by atoms with Crippen LogP contribution in [0.4, 0.5) is 0 Å². The van der Waals surface area contributed by atoms with Gasteiger partial charge in [-0.15, -0.1) is 0 Å². The third kappa shape index (κ3) is 22.2. The van der Waals surface area contributed by atoms with Gasteiger partial charge in [-0.2, -0.15) is 0 Å². The molecule has 30 heteroatoms. The number of imide groups is 1. The lowest BCUT2D eigenvalue weighted by Gasteiger charge is -2.33. The number of likely N-dealkylation sites (tertiary alicyclic amines) is 1. The number of H-pyrrole nitrogens is 2. The van der Waals surface area contributed by atoms with E-state index in [2.05, 4.69) is 57.2 Å². The lowest BCUT2D eigenvalue weighted by molar-refractivity contribution is -0.153. The summed E-state index contributed by atoms with van der Waals surface area (Å²) in [5, 5.41) is 47.4. The number of guanidine groups is 1. The average molecular weight is 1270 g/mol. The highest BCUT2D eigenvalue weighted by Crippen LogP contribution is 2.24. The minimum absolute atomic E-state index is 0.0354. The number of nitrogens with two attached hydrogens (primary N) is 3. The van der Waals surface area contributed by atoms with E-state index in [4.69, 9.17) is 27.1 Å². The van der Waals surface area contributed by atoms with Gasteiger partial charge < -0.3 is 84.6 Å². The van der Waals surface area contributed by atoms with E-state index in [0.29, 0.717) is 17.7 Å². The standard InChI is InChI=1S/C59H84N16O12.C2H4O2/c1-6-74(57(86)46(27-36-29-63-31-66-36)72-51(80)41-19-20-49(78)67-41)58(87)48-14-10-22-75(48)56(85)42(13-9-21-64-59(61)62)68-52(81)43(23-32(2)3)69-53(82)44(24-33(4)5)70-54(83)45(25-34-15-17-37(77)18-16-34)71-55(84)47(30-76)73-50(79)39(60)26-35-28-65-40-12-8-7-11-38(35)40;1-2(3)4/h7-8,11-12,15-18,28-29,31-33,39,41-48,65,76-77H,6,9-10,13-14,19-27,30,60H2,1-5H3,(H,63,66)(H,67,78)(H,68,81)(H,69,82)(H,70,83)(H,71,84)(H,72,80)(H,73,79)(H4,61,62,64);1H3,(H,3,4)/t39?,41-,42?,43?,44?,45?,46?,47?,48-;/m0./s1. The minimum Gasteiger partial charge on any atom is -0.508 e. The number of amides is 10. The first-order valence-corrected chi connectivity index (χ1v) is 30.4. The molecule has 0 spiro atoms. The van der Waals surface area contributed by atoms with Crippen LogP contribution in [-0.2, 0) is 72.0 Å². The van der Waals surface area contributed by atoms with Crippen molar-refractivity contribution < 1.29 is 68.1 Å². The van der Waals surface area contributed by atoms with Gasteiger partial charge in [0.15, 0.2) is 5.96 Å². The Balaban J connectivity index is 0.00000365. The van der Waals surface area contributed by atoms with Crippen LogP contribution in [0, 0.1) is 11.8 Å². The van der Waals surface area contributed by atoms with Gasteiger partial charge >= 0.3 is 0 Å². The van der Waals surface area contributed by atoms with E-state index in [9.17, 15) is 58.2 Å². The molecule has 2 aliphatic rings. The molecule has 10 amide bonds. The summed E-state index contributed by atoms with van der Waals surface area (Å²) in [6.07, 6.45) is 5.51. The number of para-hydroxylation sites is 1. The molecule has 2 aliphatic heterocycles. The average Bonchev–Trinajstić information content (AvgIpc) is 1.84. The number of nitrogens with zero attached hydrogens (tertiary/aromatic N) is 4. The number of likely N-dealkylation sites (N-methyl/N-ethyl adjacent to an activating group) is 1. The number of aromatic amines is 2. The van der Waals surface area contributed by atoms with Gasteiger partial charge in [0.05, 0.1) is 19.0 Å². The van der Waals surface area contributed by atoms with Crippen molar-refractivity contribution in [1.29, 1.82) is 0 Å². The summed E-state index contributed by atoms with van der Waals surface area (Å²) in [5.41, 5.74) is 20.0. The zero-order valence-corrected chi connectivity index (χ0v) is 52.2. The maximum atomic E-state index is 14.9. The maximum Gasteiger partial charge on any atom is 0.300 e. The Kier molecular flexibility index (Phi) is 27.9. The predicted octanol–water partition coefficient (Wildman–Crippen LogP) is -1.27. The van der Waals surface area contributed by atoms with Crippen LogP contribution in [0.1, 0.15) is 110 Å². The number of nitrogens with one attached hydrogen (secondary N) is 9. The summed E-state index contributed by atoms with van der Waals surface area (Å²) in [6.45, 7) is 9.01. The number of rotatable bonds is 31. The molecule has 2 fully saturated rings. The van der Waals surface area contributed by atoms with Gasteiger partial charge in [-0.1, -0.05) is 58.0 Å². The molecule has 4 aromatic rings. The fraction of sp³-hybridized carbons (Fsp3) is 0.525. The van der Waals surface area contributed by atoms with Crippen LogP contribution < -0.4 is 54.4 Å². The van der Waals surface area contributed by atoms with Gasteiger partial charge in [-0.25, -0.2) is 4.98 Å². The summed E-state index contributed by atoms with van der Waals surface area (Å²) < 4.78 is 0. The molecule has 9 atom stereocenters. The fourth-order valence-corrected chi connectivity index (χ4v) is 10.6. The third-order valence-electron chi connectivity index (χ3n) is 15.1. The number of fused-ring (bicyclic) bond motifs is 1. The summed E-state index contributed by atoms with van der Waals surface area (Å²) in [6, 6.07) is 1.85. The van der Waals surface area contributed by atoms with E-state index >= 15 is 0 Å². The third-order valence-corrected chi connectivity index (χ3v) is 15.1. The molecule has 0 radical (unpaired) electrons. The molecular weight excluding hydrogens is 1180 g/mol. The number of aromatic hydroxyl groups is 1. The molecule has 0 saturated carbocycles. The highest BCUT2D eigenvalue weighted by atomic mass is 16.4. The van der Waals surface area contributed by atoms with Gasteiger partial charge in [-0.05, 0) is 99.5 Å². The van der Waals surface area contributed by atoms with Crippen molar-refractivity contribution in [2.75, 3.05) is 26.2 Å². The molecule has 7 unspecified atom stereocenters. The number of aliphatic hydroxyl groups excluding tert-OH is 1. The van der Waals surface area contributed by atoms with Gasteiger partial charge in [0.1, 0.15) is 54.1 Å². The number of aromatic nitrogens is 3. The van der Waals surface area contributed by atoms with E-state index in [0.717, 1.165) is 28.3 Å². The van der Waals surface area contributed by atoms with E-state index in [1.165, 1.54) is 41.7 Å². The van der Waals surface area contributed by atoms with Crippen LogP contribution in [0.5, 0.6) is 5.75 Å². The number of benzene rings is 2. The molecule has 2 aromatic carbocycles. The Hall–Kier alpha value is -9.45. The predicted molar refractivity (Wildman–Crippen MR) is 333 cm³/mol. The van der Waals surface area contributed by atoms with E-state index < -0.39 is 120 Å². The molecule has 18 N–H and O–H groups in total. The highest BCUT2D eigenvalue weighted by Gasteiger charge is 2.43. The largest absolute Gasteiger partial charge is 0.508 e. The van der Waals surface area contributed by atoms with Crippen molar-refractivity contribution in [3.05, 3.63) is 84.1 Å². The van der Waals surface area contributed by atoms with Gasteiger partial charge in [-0.3, -0.25) is 62.6 Å². The van der Waals surface area contributed by atoms with E-state index in [1.54, 1.807) is 27.0 Å². The number of aliphatic hydroxyl groups is 1. The molecule has 496 valence electrons. The number of aliphatic carboxylic acids is 1. The van der Waals surface area contributed by atoms with Crippen LogP contribution in [0.3, 0.4) is 0 Å². The lowest BCUT2D eigenvalue weighted by Crippen LogP contribution is -2.61. The topological polar surface area (TPSA) is 474 Å². The number of imidazole rings is 1. The number of aliphatic imine (C=N–C) groups is 1. The monoisotopic (exact) mass is 1270 g/mol. The van der Waals surface area contributed by atoms with Crippen molar-refractivity contribution >= 4 is 81.9 Å². The summed E-state index contributed by atoms with van der Waals surface area (Å²) in [7, 11) is 0. The highest BCUT2D eigenvalue weighted by molar-refractivity contribution is 6.04. The second-order valence-corrected chi connectivity index (χ2v) is 23.4. The molecule has 2 aromatic heterocycles. The van der Waals surface area contributed by atoms with Gasteiger partial charge in [0.25, 0.3) is 17.8 Å². The van der Waals surface area contributed by atoms with Crippen molar-refractivity contribution in [3.63, 3.8) is 0 Å². The van der Waals surface area contributed by atoms with Crippen LogP contribution in [0.25, 0.3) is 10.9 Å². The number of hydrogen-bond acceptors (Lipinski definition) is 16. The van der Waals surface area contributed by atoms with Gasteiger partial charge in [0, 0.05) is 74.8 Å². The number of carbonyl (C=O) groups is 11. The number of carboxylic acid groups (broad SMARTS) is 1. The first-order valence-electron chi connectivity index (χ1n) is 30.4. The minimum atomic E-state index is -1.56. The Morgan fingerprint density at radius 1 is 0.758 bits per heavy atom. The van der Waals surface area contributed by atoms with Crippen LogP contribution in [0.2, 0.25) is 0 Å². The Morgan fingerprint density at radius 3 is 1.92 bits per heavy atom. The van der Waals surface area contributed by atoms with Gasteiger partial charge in [0.2, 0.25) is 47.3 Å². The zero-order valence-electron chi connectivity index (χ0n) is 52.2. The summed E-state index contributed by atoms with van der Waals surface area (Å²) >= 11 is 0. The Labute approximate surface area is 526 Å². The summed E-state index contributed by atoms with van der Waals surface area (Å²) in [5.74, 6) is -8.72. The number of hydrogen-bond donors (Lipinski definition) is 15. The van der Waals surface area contributed by atoms with Crippen LogP contribution >= 0.6 is 0 Å². The molecule has 4 heterocycles. The Morgan fingerprint density at radius 2 is 1.35 bits per heavy atom. The molecular formula is C61H88N16O14. The normalized spacial score (nSPS) is 16.7. The van der Waals surface area contributed by atoms with Crippen LogP contribution in [0.15, 0.2) is 72.2 Å². The van der Waals surface area contributed by atoms with Crippen LogP contribution in [-0.4, -0.2) is 192 Å². The number of carboxylic acids is 1. The molecule has 6 rings (SSSR count). The number of phenols is 1. The molecule has 2 saturated heterocycles. The van der Waals surface area contributed by atoms with Crippen molar-refractivity contribution in [2.24, 2.45) is 34.0 Å². The second kappa shape index (κ2) is 35.1. The fourth-order valence-electron chi connectivity index (χ4n) is 10.6. The lowest BCUT2D eigenvalue weighted by atomic mass is 9.98. The molecule has 0 bridgehead atoms. The first kappa shape index (κ1) is 72.3. The quantitative estimate of drug-likeness (QED) is 0.0159. The smallest absolute Gasteiger partial charge is 0.300 e. The number of carbonyl (C=O) groups excluding carboxylic acids is 10. The number of phenolic OH excluding ortho intramolecular Hbond substituents is 1. The molecule has 91 heavy (non-hydrogen) atoms. The first-order chi connectivity index (χ1) is 43.2. The Bertz CT molecular complexity index is 3180. The molecule has 30 nitrogen and oxygen atoms in total. The molecule has 0 aliphatic carbocycles. The SMILES string of the molecule is CC(=O)O.CCN(C(=O)C(Cc1cnc[nH]1)NC(=O)[C@@H]1CCC(=O)N1)C(=O)[C@@H]1CCCN1C(=O)C(CCCN=C(N)N)NC(=O)C(CC(C)C)NC(=O)C(CC(C)C)NC(=O)C(Cc1ccc(O)cc1)NC(=O)C(CO)NC(=O)C(N)Cc1c[nH]c2ccccc12. The maximum absolute atomic E-state index is 14.9. The van der Waals surface area contributed by atoms with E-state index in [-0.39, 0.29) is 113 Å². The van der Waals surface area contributed by atoms with Crippen molar-refractivity contribution in [2.45, 2.75) is 167 Å². The van der Waals surface area contributed by atoms with Crippen molar-refractivity contribution in [1.82, 2.24) is 62.0 Å². The van der Waals surface area contributed by atoms with E-state index in [1.807, 2.05) is 38.1 Å². The zero-order chi connectivity index (χ0) is 67.1. The second-order valence-electron chi connectivity index (χ2n) is 23.4. The van der Waals surface area contributed by atoms with Crippen molar-refractivity contribution in [3.8, 4) is 5.75 Å². The summed E-state index contributed by atoms with van der Waals surface area (Å²) in [4.78, 5) is 166.